The number of fused-ring (bicyclic) bond motifs is 1. The van der Waals surface area contributed by atoms with Gasteiger partial charge in [0.05, 0.1) is 18.8 Å². The van der Waals surface area contributed by atoms with Crippen LogP contribution in [0.15, 0.2) is 28.7 Å². The van der Waals surface area contributed by atoms with E-state index in [0.29, 0.717) is 6.54 Å². The topological polar surface area (TPSA) is 60.9 Å². The Morgan fingerprint density at radius 3 is 2.48 bits per heavy atom. The molecular weight excluding hydrogens is 268 g/mol. The van der Waals surface area contributed by atoms with Crippen molar-refractivity contribution < 1.29 is 13.9 Å². The third-order valence-electron chi connectivity index (χ3n) is 4.25. The molecule has 2 unspecified atom stereocenters. The molecular formula is C16H22N2O3. The minimum atomic E-state index is 0.112. The minimum absolute atomic E-state index is 0.112. The minimum Gasteiger partial charge on any atom is -0.459 e. The molecule has 1 aromatic heterocycles. The maximum absolute atomic E-state index is 5.99. The van der Waals surface area contributed by atoms with Gasteiger partial charge in [0, 0.05) is 44.8 Å². The predicted octanol–water partition coefficient (Wildman–Crippen LogP) is 1.74. The molecule has 1 aromatic carbocycles. The smallest absolute Gasteiger partial charge is 0.134 e. The van der Waals surface area contributed by atoms with Gasteiger partial charge in [0.2, 0.25) is 0 Å². The summed E-state index contributed by atoms with van der Waals surface area (Å²) in [5.41, 5.74) is 7.91. The Labute approximate surface area is 124 Å². The average Bonchev–Trinajstić information content (AvgIpc) is 3.07. The van der Waals surface area contributed by atoms with E-state index >= 15 is 0 Å². The van der Waals surface area contributed by atoms with Crippen molar-refractivity contribution in [2.24, 2.45) is 5.73 Å². The zero-order valence-electron chi connectivity index (χ0n) is 12.5. The first-order chi connectivity index (χ1) is 10.3. The van der Waals surface area contributed by atoms with Crippen LogP contribution in [0.3, 0.4) is 0 Å². The quantitative estimate of drug-likeness (QED) is 0.909. The van der Waals surface area contributed by atoms with E-state index in [0.717, 1.165) is 41.9 Å². The summed E-state index contributed by atoms with van der Waals surface area (Å²) in [7, 11) is 3.46. The van der Waals surface area contributed by atoms with Crippen molar-refractivity contribution in [3.63, 3.8) is 0 Å². The van der Waals surface area contributed by atoms with Gasteiger partial charge in [-0.2, -0.15) is 0 Å². The Balaban J connectivity index is 1.82. The maximum Gasteiger partial charge on any atom is 0.134 e. The van der Waals surface area contributed by atoms with Crippen LogP contribution in [0, 0.1) is 0 Å². The van der Waals surface area contributed by atoms with E-state index < -0.39 is 0 Å². The highest BCUT2D eigenvalue weighted by Crippen LogP contribution is 2.28. The number of furan rings is 1. The Hall–Kier alpha value is -1.40. The monoisotopic (exact) mass is 290 g/mol. The van der Waals surface area contributed by atoms with E-state index in [-0.39, 0.29) is 12.2 Å². The fourth-order valence-electron chi connectivity index (χ4n) is 3.10. The first-order valence-corrected chi connectivity index (χ1v) is 7.24. The summed E-state index contributed by atoms with van der Waals surface area (Å²) in [4.78, 5) is 2.29. The Bertz CT molecular complexity index is 599. The lowest BCUT2D eigenvalue weighted by Gasteiger charge is -2.14. The van der Waals surface area contributed by atoms with Crippen LogP contribution in [0.2, 0.25) is 0 Å². The van der Waals surface area contributed by atoms with E-state index in [1.165, 1.54) is 0 Å². The second-order valence-corrected chi connectivity index (χ2v) is 5.45. The van der Waals surface area contributed by atoms with Crippen molar-refractivity contribution in [1.82, 2.24) is 4.90 Å². The second-order valence-electron chi connectivity index (χ2n) is 5.45. The number of benzene rings is 1. The Morgan fingerprint density at radius 1 is 1.19 bits per heavy atom. The van der Waals surface area contributed by atoms with Gasteiger partial charge in [-0.25, -0.2) is 0 Å². The van der Waals surface area contributed by atoms with Crippen LogP contribution in [0.1, 0.15) is 11.3 Å². The van der Waals surface area contributed by atoms with Crippen molar-refractivity contribution in [3.8, 4) is 0 Å². The van der Waals surface area contributed by atoms with Gasteiger partial charge in [-0.1, -0.05) is 18.2 Å². The number of likely N-dealkylation sites (tertiary alicyclic amines) is 1. The van der Waals surface area contributed by atoms with Crippen molar-refractivity contribution in [2.75, 3.05) is 27.3 Å². The summed E-state index contributed by atoms with van der Waals surface area (Å²) >= 11 is 0. The molecule has 3 rings (SSSR count). The number of methoxy groups -OCH3 is 2. The van der Waals surface area contributed by atoms with Crippen molar-refractivity contribution in [3.05, 3.63) is 35.6 Å². The Morgan fingerprint density at radius 2 is 1.86 bits per heavy atom. The van der Waals surface area contributed by atoms with Crippen LogP contribution < -0.4 is 5.73 Å². The zero-order valence-corrected chi connectivity index (χ0v) is 12.5. The molecule has 1 saturated heterocycles. The summed E-state index contributed by atoms with van der Waals surface area (Å²) < 4.78 is 16.9. The van der Waals surface area contributed by atoms with Crippen LogP contribution in [-0.4, -0.2) is 44.4 Å². The molecule has 5 nitrogen and oxygen atoms in total. The first kappa shape index (κ1) is 14.5. The summed E-state index contributed by atoms with van der Waals surface area (Å²) in [5, 5.41) is 1.11. The molecule has 1 aliphatic heterocycles. The Kier molecular flexibility index (Phi) is 4.26. The van der Waals surface area contributed by atoms with Gasteiger partial charge in [0.25, 0.3) is 0 Å². The lowest BCUT2D eigenvalue weighted by Crippen LogP contribution is -2.27. The molecule has 0 spiro atoms. The van der Waals surface area contributed by atoms with Gasteiger partial charge in [0.15, 0.2) is 0 Å². The molecule has 114 valence electrons. The van der Waals surface area contributed by atoms with E-state index in [4.69, 9.17) is 19.6 Å². The van der Waals surface area contributed by atoms with Gasteiger partial charge in [-0.3, -0.25) is 4.90 Å². The van der Waals surface area contributed by atoms with E-state index in [1.807, 2.05) is 18.2 Å². The number of ether oxygens (including phenoxy) is 2. The third-order valence-corrected chi connectivity index (χ3v) is 4.25. The van der Waals surface area contributed by atoms with Crippen LogP contribution in [0.4, 0.5) is 0 Å². The summed E-state index contributed by atoms with van der Waals surface area (Å²) in [6, 6.07) is 8.04. The molecule has 21 heavy (non-hydrogen) atoms. The lowest BCUT2D eigenvalue weighted by molar-refractivity contribution is -0.00461. The molecule has 2 N–H and O–H groups in total. The molecule has 5 heteroatoms. The molecule has 2 atom stereocenters. The predicted molar refractivity (Wildman–Crippen MR) is 81.0 cm³/mol. The average molecular weight is 290 g/mol. The summed E-state index contributed by atoms with van der Waals surface area (Å²) in [6.45, 7) is 2.91. The highest BCUT2D eigenvalue weighted by Gasteiger charge is 2.33. The van der Waals surface area contributed by atoms with Gasteiger partial charge in [-0.05, 0) is 6.07 Å². The van der Waals surface area contributed by atoms with Crippen LogP contribution in [0.5, 0.6) is 0 Å². The largest absolute Gasteiger partial charge is 0.459 e. The number of hydrogen-bond donors (Lipinski definition) is 1. The van der Waals surface area contributed by atoms with Gasteiger partial charge >= 0.3 is 0 Å². The molecule has 2 aromatic rings. The number of nitrogens with two attached hydrogens (primary N) is 1. The highest BCUT2D eigenvalue weighted by molar-refractivity contribution is 5.82. The highest BCUT2D eigenvalue weighted by atomic mass is 16.5. The summed E-state index contributed by atoms with van der Waals surface area (Å²) in [5.74, 6) is 0.949. The third kappa shape index (κ3) is 2.70. The fourth-order valence-corrected chi connectivity index (χ4v) is 3.10. The van der Waals surface area contributed by atoms with Gasteiger partial charge in [-0.15, -0.1) is 0 Å². The van der Waals surface area contributed by atoms with E-state index in [2.05, 4.69) is 11.0 Å². The van der Waals surface area contributed by atoms with Crippen LogP contribution in [-0.2, 0) is 22.6 Å². The maximum atomic E-state index is 5.99. The van der Waals surface area contributed by atoms with Crippen LogP contribution >= 0.6 is 0 Å². The fraction of sp³-hybridized carbons (Fsp3) is 0.500. The number of nitrogens with zero attached hydrogens (tertiary/aromatic N) is 1. The van der Waals surface area contributed by atoms with Crippen molar-refractivity contribution >= 4 is 11.0 Å². The molecule has 0 radical (unpaired) electrons. The number of hydrogen-bond acceptors (Lipinski definition) is 5. The van der Waals surface area contributed by atoms with E-state index in [9.17, 15) is 0 Å². The lowest BCUT2D eigenvalue weighted by atomic mass is 10.1. The van der Waals surface area contributed by atoms with E-state index in [1.54, 1.807) is 14.2 Å². The molecule has 0 amide bonds. The van der Waals surface area contributed by atoms with Crippen molar-refractivity contribution in [2.45, 2.75) is 25.3 Å². The van der Waals surface area contributed by atoms with Crippen molar-refractivity contribution in [1.29, 1.82) is 0 Å². The molecule has 1 fully saturated rings. The molecule has 0 saturated carbocycles. The summed E-state index contributed by atoms with van der Waals surface area (Å²) in [6.07, 6.45) is 0.224. The number of para-hydroxylation sites is 1. The molecule has 1 aliphatic rings. The molecule has 0 aliphatic carbocycles. The van der Waals surface area contributed by atoms with Gasteiger partial charge in [0.1, 0.15) is 11.3 Å². The zero-order chi connectivity index (χ0) is 14.8. The molecule has 0 bridgehead atoms. The first-order valence-electron chi connectivity index (χ1n) is 7.24. The molecule has 2 heterocycles. The second kappa shape index (κ2) is 6.15. The SMILES string of the molecule is COC1CN(Cc2oc3ccccc3c2CN)CC1OC. The standard InChI is InChI=1S/C16H22N2O3/c1-19-15-9-18(10-16(15)20-2)8-14-12(7-17)11-5-3-4-6-13(11)21-14/h3-6,15-16H,7-10,17H2,1-2H3. The van der Waals surface area contributed by atoms with Crippen LogP contribution in [0.25, 0.3) is 11.0 Å². The number of rotatable bonds is 5. The normalized spacial score (nSPS) is 23.2. The van der Waals surface area contributed by atoms with Gasteiger partial charge < -0.3 is 19.6 Å².